The Morgan fingerprint density at radius 1 is 0.694 bits per heavy atom. The van der Waals surface area contributed by atoms with Crippen LogP contribution in [0.4, 0.5) is 35.9 Å². The Labute approximate surface area is 285 Å². The maximum absolute atomic E-state index is 13.5. The molecule has 1 aliphatic rings. The number of ether oxygens (including phenoxy) is 2. The molecule has 0 bridgehead atoms. The summed E-state index contributed by atoms with van der Waals surface area (Å²) in [5.74, 6) is 0.550. The van der Waals surface area contributed by atoms with Gasteiger partial charge in [-0.25, -0.2) is 4.79 Å². The molecular weight excluding hydrogens is 625 g/mol. The van der Waals surface area contributed by atoms with E-state index in [1.807, 2.05) is 84.6 Å². The summed E-state index contributed by atoms with van der Waals surface area (Å²) in [7, 11) is 0. The molecule has 5 nitrogen and oxygen atoms in total. The van der Waals surface area contributed by atoms with Crippen molar-refractivity contribution in [3.8, 4) is 11.5 Å². The maximum atomic E-state index is 13.5. The lowest BCUT2D eigenvalue weighted by Crippen LogP contribution is -2.22. The molecule has 5 aromatic rings. The molecule has 0 spiro atoms. The summed E-state index contributed by atoms with van der Waals surface area (Å²) in [4.78, 5) is 17.7. The van der Waals surface area contributed by atoms with Gasteiger partial charge >= 0.3 is 12.1 Å². The van der Waals surface area contributed by atoms with Gasteiger partial charge in [0.2, 0.25) is 0 Å². The molecule has 0 amide bonds. The van der Waals surface area contributed by atoms with Crippen LogP contribution in [0.25, 0.3) is 0 Å². The highest BCUT2D eigenvalue weighted by atomic mass is 19.4. The minimum absolute atomic E-state index is 0.334. The van der Waals surface area contributed by atoms with Crippen LogP contribution in [0.5, 0.6) is 11.5 Å². The number of halogens is 3. The second-order valence-corrected chi connectivity index (χ2v) is 11.9. The average molecular weight is 665 g/mol. The summed E-state index contributed by atoms with van der Waals surface area (Å²) in [6, 6.07) is 34.2. The molecular formula is C41H39F3N2O3. The number of hydrogen-bond acceptors (Lipinski definition) is 5. The predicted molar refractivity (Wildman–Crippen MR) is 189 cm³/mol. The number of hydrogen-bond donors (Lipinski definition) is 0. The largest absolute Gasteiger partial charge is 0.462 e. The van der Waals surface area contributed by atoms with E-state index in [9.17, 15) is 18.0 Å². The molecule has 6 rings (SSSR count). The van der Waals surface area contributed by atoms with Gasteiger partial charge < -0.3 is 19.3 Å². The van der Waals surface area contributed by atoms with Crippen molar-refractivity contribution >= 4 is 28.7 Å². The summed E-state index contributed by atoms with van der Waals surface area (Å²) in [6.45, 7) is 8.28. The first-order chi connectivity index (χ1) is 23.7. The highest BCUT2D eigenvalue weighted by Crippen LogP contribution is 2.51. The maximum Gasteiger partial charge on any atom is 0.416 e. The highest BCUT2D eigenvalue weighted by Gasteiger charge is 2.34. The van der Waals surface area contributed by atoms with E-state index in [4.69, 9.17) is 9.47 Å². The molecule has 0 saturated heterocycles. The molecule has 0 fully saturated rings. The van der Waals surface area contributed by atoms with Gasteiger partial charge in [-0.2, -0.15) is 13.2 Å². The molecule has 252 valence electrons. The molecule has 0 saturated carbocycles. The molecule has 8 heteroatoms. The Kier molecular flexibility index (Phi) is 9.95. The zero-order chi connectivity index (χ0) is 34.5. The van der Waals surface area contributed by atoms with Crippen LogP contribution >= 0.6 is 0 Å². The van der Waals surface area contributed by atoms with Gasteiger partial charge in [-0.3, -0.25) is 0 Å². The Balaban J connectivity index is 1.52. The summed E-state index contributed by atoms with van der Waals surface area (Å²) in [5, 5.41) is 0. The molecule has 0 aliphatic carbocycles. The molecule has 0 radical (unpaired) electrons. The van der Waals surface area contributed by atoms with Crippen molar-refractivity contribution in [2.45, 2.75) is 45.7 Å². The lowest BCUT2D eigenvalue weighted by atomic mass is 9.80. The van der Waals surface area contributed by atoms with E-state index in [2.05, 4.69) is 30.9 Å². The fourth-order valence-electron chi connectivity index (χ4n) is 6.40. The third-order valence-corrected chi connectivity index (χ3v) is 8.91. The molecule has 1 atom stereocenters. The smallest absolute Gasteiger partial charge is 0.416 e. The summed E-state index contributed by atoms with van der Waals surface area (Å²) >= 11 is 0. The highest BCUT2D eigenvalue weighted by molar-refractivity contribution is 5.92. The van der Waals surface area contributed by atoms with Gasteiger partial charge in [0.05, 0.1) is 17.7 Å². The van der Waals surface area contributed by atoms with Gasteiger partial charge in [-0.15, -0.1) is 0 Å². The van der Waals surface area contributed by atoms with Gasteiger partial charge in [-0.1, -0.05) is 55.8 Å². The number of benzene rings is 5. The lowest BCUT2D eigenvalue weighted by Gasteiger charge is -2.33. The Hall–Kier alpha value is -5.24. The number of para-hydroxylation sites is 1. The Bertz CT molecular complexity index is 1900. The number of rotatable bonds is 11. The number of fused-ring (bicyclic) bond motifs is 2. The number of nitrogens with zero attached hydrogens (tertiary/aromatic N) is 2. The normalized spacial score (nSPS) is 13.6. The van der Waals surface area contributed by atoms with E-state index < -0.39 is 17.7 Å². The number of esters is 1. The van der Waals surface area contributed by atoms with Gasteiger partial charge in [0.1, 0.15) is 11.5 Å². The summed E-state index contributed by atoms with van der Waals surface area (Å²) < 4.78 is 52.8. The SMILES string of the molecule is CCCCOC(=O)c1ccccc1C1c2ccc(N(CC)CC)cc2Oc2ccc(N(c3ccccc3)c3ccc(C(F)(F)F)cc3)cc21. The monoisotopic (exact) mass is 664 g/mol. The summed E-state index contributed by atoms with van der Waals surface area (Å²) in [5.41, 5.74) is 5.36. The van der Waals surface area contributed by atoms with Crippen LogP contribution in [0.15, 0.2) is 115 Å². The van der Waals surface area contributed by atoms with Crippen molar-refractivity contribution in [2.24, 2.45) is 0 Å². The minimum atomic E-state index is -4.45. The minimum Gasteiger partial charge on any atom is -0.462 e. The number of carbonyl (C=O) groups excluding carboxylic acids is 1. The van der Waals surface area contributed by atoms with Crippen LogP contribution in [-0.2, 0) is 10.9 Å². The zero-order valence-electron chi connectivity index (χ0n) is 27.8. The van der Waals surface area contributed by atoms with E-state index >= 15 is 0 Å². The zero-order valence-corrected chi connectivity index (χ0v) is 27.8. The fourth-order valence-corrected chi connectivity index (χ4v) is 6.40. The van der Waals surface area contributed by atoms with Crippen molar-refractivity contribution < 1.29 is 27.4 Å². The van der Waals surface area contributed by atoms with E-state index in [0.717, 1.165) is 71.8 Å². The van der Waals surface area contributed by atoms with Crippen LogP contribution in [0, 0.1) is 0 Å². The summed E-state index contributed by atoms with van der Waals surface area (Å²) in [6.07, 6.45) is -2.77. The van der Waals surface area contributed by atoms with Crippen molar-refractivity contribution in [1.29, 1.82) is 0 Å². The van der Waals surface area contributed by atoms with Gasteiger partial charge in [0, 0.05) is 59.0 Å². The van der Waals surface area contributed by atoms with E-state index in [-0.39, 0.29) is 5.97 Å². The molecule has 49 heavy (non-hydrogen) atoms. The molecule has 1 unspecified atom stereocenters. The first-order valence-corrected chi connectivity index (χ1v) is 16.7. The van der Waals surface area contributed by atoms with Crippen LogP contribution in [0.3, 0.4) is 0 Å². The third-order valence-electron chi connectivity index (χ3n) is 8.91. The Morgan fingerprint density at radius 3 is 2.04 bits per heavy atom. The van der Waals surface area contributed by atoms with Gasteiger partial charge in [-0.05, 0) is 92.6 Å². The molecule has 0 N–H and O–H groups in total. The van der Waals surface area contributed by atoms with Crippen LogP contribution in [-0.4, -0.2) is 25.7 Å². The molecule has 5 aromatic carbocycles. The lowest BCUT2D eigenvalue weighted by molar-refractivity contribution is -0.137. The topological polar surface area (TPSA) is 42.0 Å². The predicted octanol–water partition coefficient (Wildman–Crippen LogP) is 11.3. The van der Waals surface area contributed by atoms with Crippen molar-refractivity contribution in [3.05, 3.63) is 143 Å². The van der Waals surface area contributed by atoms with Crippen LogP contribution < -0.4 is 14.5 Å². The van der Waals surface area contributed by atoms with Crippen molar-refractivity contribution in [3.63, 3.8) is 0 Å². The van der Waals surface area contributed by atoms with E-state index in [1.54, 1.807) is 6.07 Å². The van der Waals surface area contributed by atoms with Crippen LogP contribution in [0.2, 0.25) is 0 Å². The standard InChI is InChI=1S/C41H39F3N2O3/c1-4-7-25-48-40(47)34-16-12-11-15-33(34)39-35-23-21-31(45(5-2)6-3)27-38(35)49-37-24-22-32(26-36(37)39)46(29-13-9-8-10-14-29)30-19-17-28(18-20-30)41(42,43)44/h8-24,26-27,39H,4-7,25H2,1-3H3. The van der Waals surface area contributed by atoms with E-state index in [1.165, 1.54) is 12.1 Å². The Morgan fingerprint density at radius 2 is 1.35 bits per heavy atom. The number of anilines is 4. The second-order valence-electron chi connectivity index (χ2n) is 11.9. The van der Waals surface area contributed by atoms with Crippen molar-refractivity contribution in [2.75, 3.05) is 29.5 Å². The third kappa shape index (κ3) is 7.00. The fraction of sp³-hybridized carbons (Fsp3) is 0.244. The van der Waals surface area contributed by atoms with Crippen molar-refractivity contribution in [1.82, 2.24) is 0 Å². The first-order valence-electron chi connectivity index (χ1n) is 16.7. The quantitative estimate of drug-likeness (QED) is 0.102. The van der Waals surface area contributed by atoms with Gasteiger partial charge in [0.25, 0.3) is 0 Å². The first kappa shape index (κ1) is 33.7. The molecule has 1 heterocycles. The van der Waals surface area contributed by atoms with Gasteiger partial charge in [0.15, 0.2) is 0 Å². The van der Waals surface area contributed by atoms with E-state index in [0.29, 0.717) is 29.4 Å². The van der Waals surface area contributed by atoms with Crippen LogP contribution in [0.1, 0.15) is 72.1 Å². The number of unbranched alkanes of at least 4 members (excludes halogenated alkanes) is 1. The molecule has 1 aliphatic heterocycles. The second kappa shape index (κ2) is 14.5. The molecule has 0 aromatic heterocycles. The average Bonchev–Trinajstić information content (AvgIpc) is 3.11. The number of carbonyl (C=O) groups is 1. The number of alkyl halides is 3.